The van der Waals surface area contributed by atoms with Crippen LogP contribution in [0.15, 0.2) is 34.8 Å². The molecule has 0 aliphatic carbocycles. The maximum absolute atomic E-state index is 10.7. The summed E-state index contributed by atoms with van der Waals surface area (Å²) in [5.74, 6) is 0. The van der Waals surface area contributed by atoms with E-state index >= 15 is 0 Å². The van der Waals surface area contributed by atoms with Crippen LogP contribution in [0.4, 0.5) is 13.2 Å². The Labute approximate surface area is 92.8 Å². The molecule has 0 spiro atoms. The van der Waals surface area contributed by atoms with Crippen LogP contribution in [-0.4, -0.2) is 18.5 Å². The van der Waals surface area contributed by atoms with E-state index in [2.05, 4.69) is 15.9 Å². The second-order valence-corrected chi connectivity index (χ2v) is 4.55. The van der Waals surface area contributed by atoms with Crippen LogP contribution in [0.1, 0.15) is 0 Å². The standard InChI is InChI=1S/C6H5Br.CHF3O3S/c7-6-4-2-1-3-5-6;2-1(3,4)8(5,6)7/h1-5H;(H,5,6,7). The Morgan fingerprint density at radius 3 is 1.60 bits per heavy atom. The van der Waals surface area contributed by atoms with E-state index in [1.54, 1.807) is 0 Å². The molecular weight excluding hydrogens is 301 g/mol. The van der Waals surface area contributed by atoms with Gasteiger partial charge >= 0.3 is 15.6 Å². The Morgan fingerprint density at radius 1 is 1.13 bits per heavy atom. The summed E-state index contributed by atoms with van der Waals surface area (Å²) < 4.78 is 58.7. The lowest BCUT2D eigenvalue weighted by molar-refractivity contribution is -0.0510. The van der Waals surface area contributed by atoms with Crippen molar-refractivity contribution in [2.24, 2.45) is 0 Å². The van der Waals surface area contributed by atoms with Gasteiger partial charge in [0.05, 0.1) is 0 Å². The maximum Gasteiger partial charge on any atom is 0.522 e. The molecule has 0 atom stereocenters. The van der Waals surface area contributed by atoms with Gasteiger partial charge in [-0.3, -0.25) is 4.55 Å². The van der Waals surface area contributed by atoms with E-state index in [1.165, 1.54) is 0 Å². The normalized spacial score (nSPS) is 11.5. The fourth-order valence-electron chi connectivity index (χ4n) is 0.415. The summed E-state index contributed by atoms with van der Waals surface area (Å²) in [6, 6.07) is 9.97. The average molecular weight is 307 g/mol. The van der Waals surface area contributed by atoms with Gasteiger partial charge in [-0.05, 0) is 12.1 Å². The molecule has 15 heavy (non-hydrogen) atoms. The first-order chi connectivity index (χ1) is 6.64. The second-order valence-electron chi connectivity index (χ2n) is 2.22. The van der Waals surface area contributed by atoms with E-state index in [-0.39, 0.29) is 0 Å². The maximum atomic E-state index is 10.7. The lowest BCUT2D eigenvalue weighted by Gasteiger charge is -1.97. The van der Waals surface area contributed by atoms with Crippen molar-refractivity contribution in [1.82, 2.24) is 0 Å². The van der Waals surface area contributed by atoms with Crippen molar-refractivity contribution in [1.29, 1.82) is 0 Å². The van der Waals surface area contributed by atoms with Gasteiger partial charge in [0.2, 0.25) is 0 Å². The summed E-state index contributed by atoms with van der Waals surface area (Å²) in [6.07, 6.45) is 0. The van der Waals surface area contributed by atoms with Crippen LogP contribution in [0, 0.1) is 0 Å². The SMILES string of the molecule is Brc1ccccc1.O=S(=O)(O)C(F)(F)F. The third kappa shape index (κ3) is 6.47. The Bertz CT molecular complexity index is 388. The highest BCUT2D eigenvalue weighted by Crippen LogP contribution is 2.20. The second kappa shape index (κ2) is 5.47. The van der Waals surface area contributed by atoms with Gasteiger partial charge < -0.3 is 0 Å². The predicted octanol–water partition coefficient (Wildman–Crippen LogP) is 2.84. The summed E-state index contributed by atoms with van der Waals surface area (Å²) in [7, 11) is -5.84. The van der Waals surface area contributed by atoms with Crippen molar-refractivity contribution in [3.8, 4) is 0 Å². The topological polar surface area (TPSA) is 54.4 Å². The first kappa shape index (κ1) is 14.4. The molecule has 0 amide bonds. The summed E-state index contributed by atoms with van der Waals surface area (Å²) in [4.78, 5) is 0. The van der Waals surface area contributed by atoms with Gasteiger partial charge in [-0.25, -0.2) is 0 Å². The third-order valence-corrected chi connectivity index (χ3v) is 2.14. The van der Waals surface area contributed by atoms with E-state index in [4.69, 9.17) is 13.0 Å². The largest absolute Gasteiger partial charge is 0.522 e. The minimum Gasteiger partial charge on any atom is -0.279 e. The van der Waals surface area contributed by atoms with Crippen LogP contribution >= 0.6 is 15.9 Å². The lowest BCUT2D eigenvalue weighted by atomic mass is 10.4. The molecule has 0 unspecified atom stereocenters. The van der Waals surface area contributed by atoms with Gasteiger partial charge in [-0.15, -0.1) is 0 Å². The summed E-state index contributed by atoms with van der Waals surface area (Å²) in [5.41, 5.74) is -5.53. The Morgan fingerprint density at radius 2 is 1.47 bits per heavy atom. The molecule has 0 aliphatic heterocycles. The molecule has 8 heteroatoms. The Hall–Kier alpha value is -0.600. The molecule has 1 rings (SSSR count). The molecule has 1 N–H and O–H groups in total. The van der Waals surface area contributed by atoms with Crippen molar-refractivity contribution in [3.05, 3.63) is 34.8 Å². The van der Waals surface area contributed by atoms with Crippen molar-refractivity contribution >= 4 is 26.0 Å². The first-order valence-corrected chi connectivity index (χ1v) is 5.62. The average Bonchev–Trinajstić information content (AvgIpc) is 2.02. The molecule has 0 heterocycles. The number of hydrogen-bond donors (Lipinski definition) is 1. The van der Waals surface area contributed by atoms with Crippen LogP contribution < -0.4 is 0 Å². The van der Waals surface area contributed by atoms with E-state index in [9.17, 15) is 13.2 Å². The summed E-state index contributed by atoms with van der Waals surface area (Å²) in [6.45, 7) is 0. The zero-order valence-corrected chi connectivity index (χ0v) is 9.47. The molecule has 86 valence electrons. The van der Waals surface area contributed by atoms with Crippen molar-refractivity contribution in [2.45, 2.75) is 5.51 Å². The monoisotopic (exact) mass is 306 g/mol. The van der Waals surface area contributed by atoms with E-state index in [0.29, 0.717) is 0 Å². The van der Waals surface area contributed by atoms with Crippen LogP contribution in [0.25, 0.3) is 0 Å². The fourth-order valence-corrected chi connectivity index (χ4v) is 0.720. The smallest absolute Gasteiger partial charge is 0.279 e. The fraction of sp³-hybridized carbons (Fsp3) is 0.143. The minimum atomic E-state index is -5.84. The number of alkyl halides is 3. The van der Waals surface area contributed by atoms with E-state index in [1.807, 2.05) is 30.3 Å². The van der Waals surface area contributed by atoms with E-state index < -0.39 is 15.6 Å². The summed E-state index contributed by atoms with van der Waals surface area (Å²) >= 11 is 3.31. The number of rotatable bonds is 0. The lowest BCUT2D eigenvalue weighted by Crippen LogP contribution is -2.21. The quantitative estimate of drug-likeness (QED) is 0.592. The Balaban J connectivity index is 0.000000262. The molecule has 0 saturated carbocycles. The molecule has 1 aromatic rings. The third-order valence-electron chi connectivity index (χ3n) is 1.03. The van der Waals surface area contributed by atoms with Crippen molar-refractivity contribution in [2.75, 3.05) is 0 Å². The van der Waals surface area contributed by atoms with Crippen LogP contribution in [0.2, 0.25) is 0 Å². The highest BCUT2D eigenvalue weighted by molar-refractivity contribution is 9.10. The van der Waals surface area contributed by atoms with Crippen LogP contribution in [0.5, 0.6) is 0 Å². The molecule has 0 saturated heterocycles. The zero-order chi connectivity index (χ0) is 12.1. The van der Waals surface area contributed by atoms with E-state index in [0.717, 1.165) is 4.47 Å². The van der Waals surface area contributed by atoms with Crippen molar-refractivity contribution < 1.29 is 26.1 Å². The molecular formula is C7H6BrF3O3S. The minimum absolute atomic E-state index is 1.13. The number of halogens is 4. The molecule has 0 aliphatic rings. The highest BCUT2D eigenvalue weighted by atomic mass is 79.9. The highest BCUT2D eigenvalue weighted by Gasteiger charge is 2.44. The zero-order valence-electron chi connectivity index (χ0n) is 7.07. The Kier molecular flexibility index (Phi) is 5.26. The number of hydrogen-bond acceptors (Lipinski definition) is 2. The van der Waals surface area contributed by atoms with Crippen LogP contribution in [-0.2, 0) is 10.1 Å². The first-order valence-electron chi connectivity index (χ1n) is 3.39. The van der Waals surface area contributed by atoms with Crippen LogP contribution in [0.3, 0.4) is 0 Å². The van der Waals surface area contributed by atoms with Gasteiger partial charge in [0, 0.05) is 4.47 Å². The molecule has 0 bridgehead atoms. The molecule has 0 aromatic heterocycles. The number of benzene rings is 1. The van der Waals surface area contributed by atoms with Gasteiger partial charge in [-0.1, -0.05) is 34.1 Å². The van der Waals surface area contributed by atoms with Crippen molar-refractivity contribution in [3.63, 3.8) is 0 Å². The molecule has 0 fully saturated rings. The van der Waals surface area contributed by atoms with Gasteiger partial charge in [0.25, 0.3) is 0 Å². The molecule has 1 aromatic carbocycles. The summed E-state index contributed by atoms with van der Waals surface area (Å²) in [5, 5.41) is 0. The van der Waals surface area contributed by atoms with Gasteiger partial charge in [0.15, 0.2) is 0 Å². The molecule has 3 nitrogen and oxygen atoms in total. The predicted molar refractivity (Wildman–Crippen MR) is 51.7 cm³/mol. The van der Waals surface area contributed by atoms with Gasteiger partial charge in [-0.2, -0.15) is 21.6 Å². The molecule has 0 radical (unpaired) electrons. The van der Waals surface area contributed by atoms with Gasteiger partial charge in [0.1, 0.15) is 0 Å².